The Hall–Kier alpha value is -2.18. The van der Waals surface area contributed by atoms with Crippen LogP contribution in [0.2, 0.25) is 0 Å². The van der Waals surface area contributed by atoms with Crippen LogP contribution in [0.4, 0.5) is 0 Å². The van der Waals surface area contributed by atoms with E-state index >= 15 is 0 Å². The molecule has 0 bridgehead atoms. The molecule has 1 aliphatic carbocycles. The lowest BCUT2D eigenvalue weighted by molar-refractivity contribution is -0.122. The monoisotopic (exact) mass is 369 g/mol. The highest BCUT2D eigenvalue weighted by atomic mass is 16.4. The molecule has 1 N–H and O–H groups in total. The molecular formula is C21H27N3O3. The second-order valence-corrected chi connectivity index (χ2v) is 7.92. The average molecular weight is 369 g/mol. The summed E-state index contributed by atoms with van der Waals surface area (Å²) in [7, 11) is 0. The van der Waals surface area contributed by atoms with Gasteiger partial charge in [-0.3, -0.25) is 14.6 Å². The molecule has 27 heavy (non-hydrogen) atoms. The molecule has 144 valence electrons. The summed E-state index contributed by atoms with van der Waals surface area (Å²) in [6, 6.07) is 6.10. The Kier molecular flexibility index (Phi) is 5.02. The van der Waals surface area contributed by atoms with Gasteiger partial charge in [-0.2, -0.15) is 0 Å². The fourth-order valence-electron chi connectivity index (χ4n) is 3.66. The van der Waals surface area contributed by atoms with Crippen LogP contribution in [0, 0.1) is 13.8 Å². The topological polar surface area (TPSA) is 65.8 Å². The summed E-state index contributed by atoms with van der Waals surface area (Å²) in [6.07, 6.45) is 2.25. The maximum absolute atomic E-state index is 12.0. The minimum absolute atomic E-state index is 0.142. The van der Waals surface area contributed by atoms with E-state index in [1.807, 2.05) is 13.0 Å². The molecule has 2 aromatic rings. The van der Waals surface area contributed by atoms with Crippen molar-refractivity contribution in [3.8, 4) is 0 Å². The van der Waals surface area contributed by atoms with Crippen molar-refractivity contribution in [2.45, 2.75) is 39.3 Å². The number of amides is 1. The van der Waals surface area contributed by atoms with Crippen LogP contribution in [-0.2, 0) is 11.3 Å². The molecule has 1 saturated heterocycles. The van der Waals surface area contributed by atoms with E-state index < -0.39 is 0 Å². The summed E-state index contributed by atoms with van der Waals surface area (Å²) in [6.45, 7) is 8.85. The normalized spacial score (nSPS) is 18.7. The number of nitrogens with one attached hydrogen (secondary N) is 1. The molecule has 1 saturated carbocycles. The highest BCUT2D eigenvalue weighted by molar-refractivity contribution is 5.82. The zero-order valence-corrected chi connectivity index (χ0v) is 16.1. The van der Waals surface area contributed by atoms with Crippen molar-refractivity contribution >= 4 is 16.9 Å². The number of piperazine rings is 1. The Morgan fingerprint density at radius 3 is 2.44 bits per heavy atom. The molecule has 2 aliphatic rings. The van der Waals surface area contributed by atoms with Crippen LogP contribution in [-0.4, -0.2) is 54.5 Å². The highest BCUT2D eigenvalue weighted by Gasteiger charge is 2.25. The molecule has 1 amide bonds. The van der Waals surface area contributed by atoms with Gasteiger partial charge in [-0.05, 0) is 55.5 Å². The van der Waals surface area contributed by atoms with Crippen molar-refractivity contribution in [1.29, 1.82) is 0 Å². The molecule has 1 aromatic heterocycles. The first kappa shape index (κ1) is 18.2. The Morgan fingerprint density at radius 2 is 1.74 bits per heavy atom. The molecule has 0 atom stereocenters. The lowest BCUT2D eigenvalue weighted by atomic mass is 10.0. The van der Waals surface area contributed by atoms with Crippen molar-refractivity contribution in [1.82, 2.24) is 15.1 Å². The zero-order chi connectivity index (χ0) is 19.0. The molecule has 4 rings (SSSR count). The molecular weight excluding hydrogens is 342 g/mol. The van der Waals surface area contributed by atoms with Crippen molar-refractivity contribution in [2.24, 2.45) is 0 Å². The van der Waals surface area contributed by atoms with Crippen LogP contribution < -0.4 is 10.9 Å². The van der Waals surface area contributed by atoms with Gasteiger partial charge in [0.2, 0.25) is 5.91 Å². The van der Waals surface area contributed by atoms with Crippen molar-refractivity contribution in [3.63, 3.8) is 0 Å². The SMILES string of the molecule is Cc1cc2oc(=O)cc(CN3CCN(CC(=O)NC4CC4)CC3)c2cc1C. The van der Waals surface area contributed by atoms with Crippen molar-refractivity contribution in [3.05, 3.63) is 45.3 Å². The quantitative estimate of drug-likeness (QED) is 0.815. The first-order chi connectivity index (χ1) is 13.0. The number of carbonyl (C=O) groups excluding carboxylic acids is 1. The smallest absolute Gasteiger partial charge is 0.336 e. The van der Waals surface area contributed by atoms with Gasteiger partial charge in [-0.1, -0.05) is 0 Å². The Morgan fingerprint density at radius 1 is 1.07 bits per heavy atom. The molecule has 1 aromatic carbocycles. The molecule has 2 heterocycles. The summed E-state index contributed by atoms with van der Waals surface area (Å²) in [4.78, 5) is 28.5. The fourth-order valence-corrected chi connectivity index (χ4v) is 3.66. The van der Waals surface area contributed by atoms with Gasteiger partial charge in [-0.15, -0.1) is 0 Å². The van der Waals surface area contributed by atoms with E-state index in [4.69, 9.17) is 4.42 Å². The van der Waals surface area contributed by atoms with E-state index in [0.29, 0.717) is 18.2 Å². The Balaban J connectivity index is 1.40. The molecule has 1 aliphatic heterocycles. The summed E-state index contributed by atoms with van der Waals surface area (Å²) in [5, 5.41) is 4.07. The maximum Gasteiger partial charge on any atom is 0.336 e. The predicted molar refractivity (Wildman–Crippen MR) is 105 cm³/mol. The maximum atomic E-state index is 12.0. The summed E-state index contributed by atoms with van der Waals surface area (Å²) >= 11 is 0. The van der Waals surface area contributed by atoms with E-state index in [-0.39, 0.29) is 11.5 Å². The van der Waals surface area contributed by atoms with Crippen molar-refractivity contribution in [2.75, 3.05) is 32.7 Å². The van der Waals surface area contributed by atoms with E-state index in [0.717, 1.165) is 62.1 Å². The number of hydrogen-bond acceptors (Lipinski definition) is 5. The largest absolute Gasteiger partial charge is 0.423 e. The Bertz CT molecular complexity index is 909. The van der Waals surface area contributed by atoms with E-state index in [1.54, 1.807) is 6.07 Å². The third kappa shape index (κ3) is 4.39. The first-order valence-electron chi connectivity index (χ1n) is 9.76. The predicted octanol–water partition coefficient (Wildman–Crippen LogP) is 1.81. The average Bonchev–Trinajstić information content (AvgIpc) is 3.42. The third-order valence-corrected chi connectivity index (χ3v) is 5.61. The second-order valence-electron chi connectivity index (χ2n) is 7.92. The molecule has 6 heteroatoms. The summed E-state index contributed by atoms with van der Waals surface area (Å²) in [5.74, 6) is 0.142. The number of carbonyl (C=O) groups is 1. The van der Waals surface area contributed by atoms with Gasteiger partial charge in [-0.25, -0.2) is 4.79 Å². The molecule has 0 radical (unpaired) electrons. The number of nitrogens with zero attached hydrogens (tertiary/aromatic N) is 2. The van der Waals surface area contributed by atoms with Crippen LogP contribution in [0.5, 0.6) is 0 Å². The van der Waals surface area contributed by atoms with Crippen LogP contribution in [0.3, 0.4) is 0 Å². The first-order valence-corrected chi connectivity index (χ1v) is 9.76. The van der Waals surface area contributed by atoms with Crippen LogP contribution in [0.25, 0.3) is 11.0 Å². The summed E-state index contributed by atoms with van der Waals surface area (Å²) < 4.78 is 5.40. The second kappa shape index (κ2) is 7.44. The number of aryl methyl sites for hydroxylation is 2. The lowest BCUT2D eigenvalue weighted by Crippen LogP contribution is -2.49. The standard InChI is InChI=1S/C21H27N3O3/c1-14-9-18-16(11-21(26)27-19(18)10-15(14)2)12-23-5-7-24(8-6-23)13-20(25)22-17-3-4-17/h9-11,17H,3-8,12-13H2,1-2H3,(H,22,25). The number of benzene rings is 1. The van der Waals surface area contributed by atoms with E-state index in [2.05, 4.69) is 28.1 Å². The van der Waals surface area contributed by atoms with Crippen molar-refractivity contribution < 1.29 is 9.21 Å². The van der Waals surface area contributed by atoms with E-state index in [1.165, 1.54) is 5.56 Å². The van der Waals surface area contributed by atoms with Gasteiger partial charge < -0.3 is 9.73 Å². The molecule has 6 nitrogen and oxygen atoms in total. The molecule has 0 spiro atoms. The third-order valence-electron chi connectivity index (χ3n) is 5.61. The minimum atomic E-state index is -0.295. The van der Waals surface area contributed by atoms with Crippen LogP contribution >= 0.6 is 0 Å². The van der Waals surface area contributed by atoms with Gasteiger partial charge >= 0.3 is 5.63 Å². The van der Waals surface area contributed by atoms with Gasteiger partial charge in [0.25, 0.3) is 0 Å². The Labute approximate surface area is 159 Å². The molecule has 2 fully saturated rings. The summed E-state index contributed by atoms with van der Waals surface area (Å²) in [5.41, 5.74) is 3.71. The van der Waals surface area contributed by atoms with Gasteiger partial charge in [0.1, 0.15) is 5.58 Å². The van der Waals surface area contributed by atoms with Crippen LogP contribution in [0.1, 0.15) is 29.5 Å². The number of hydrogen-bond donors (Lipinski definition) is 1. The molecule has 0 unspecified atom stereocenters. The van der Waals surface area contributed by atoms with Gasteiger partial charge in [0, 0.05) is 50.2 Å². The van der Waals surface area contributed by atoms with Crippen LogP contribution in [0.15, 0.2) is 27.4 Å². The number of fused-ring (bicyclic) bond motifs is 1. The van der Waals surface area contributed by atoms with E-state index in [9.17, 15) is 9.59 Å². The highest BCUT2D eigenvalue weighted by Crippen LogP contribution is 2.23. The van der Waals surface area contributed by atoms with Gasteiger partial charge in [0.15, 0.2) is 0 Å². The minimum Gasteiger partial charge on any atom is -0.423 e. The number of rotatable bonds is 5. The van der Waals surface area contributed by atoms with Gasteiger partial charge in [0.05, 0.1) is 6.54 Å². The fraction of sp³-hybridized carbons (Fsp3) is 0.524. The lowest BCUT2D eigenvalue weighted by Gasteiger charge is -2.34. The zero-order valence-electron chi connectivity index (χ0n) is 16.1.